The summed E-state index contributed by atoms with van der Waals surface area (Å²) in [5.41, 5.74) is 0.716. The highest BCUT2D eigenvalue weighted by Crippen LogP contribution is 2.24. The Balaban J connectivity index is 2.39. The number of hydrogen-bond acceptors (Lipinski definition) is 1. The van der Waals surface area contributed by atoms with Gasteiger partial charge in [-0.25, -0.2) is 0 Å². The van der Waals surface area contributed by atoms with Crippen LogP contribution in [0.5, 0.6) is 0 Å². The number of ketones is 1. The standard InChI is InChI=1S/C14H18BrClO/c1-2-3-4-5-6-7-14(17)11-8-9-12(15)13(16)10-11/h8-10H,2-7H2,1H3. The molecular formula is C14H18BrClO. The predicted molar refractivity (Wildman–Crippen MR) is 76.9 cm³/mol. The maximum atomic E-state index is 11.9. The van der Waals surface area contributed by atoms with Crippen LogP contribution in [0.4, 0.5) is 0 Å². The molecule has 0 heterocycles. The molecule has 0 atom stereocenters. The van der Waals surface area contributed by atoms with Crippen molar-refractivity contribution in [3.63, 3.8) is 0 Å². The molecule has 0 aliphatic rings. The summed E-state index contributed by atoms with van der Waals surface area (Å²) in [7, 11) is 0. The number of benzene rings is 1. The zero-order chi connectivity index (χ0) is 12.7. The third kappa shape index (κ3) is 5.22. The van der Waals surface area contributed by atoms with Gasteiger partial charge in [0.05, 0.1) is 5.02 Å². The number of unbranched alkanes of at least 4 members (excludes halogenated alkanes) is 4. The predicted octanol–water partition coefficient (Wildman–Crippen LogP) is 5.65. The summed E-state index contributed by atoms with van der Waals surface area (Å²) >= 11 is 9.28. The number of carbonyl (C=O) groups is 1. The van der Waals surface area contributed by atoms with E-state index >= 15 is 0 Å². The van der Waals surface area contributed by atoms with E-state index in [1.54, 1.807) is 6.07 Å². The Morgan fingerprint density at radius 1 is 1.24 bits per heavy atom. The van der Waals surface area contributed by atoms with E-state index < -0.39 is 0 Å². The first-order valence-electron chi connectivity index (χ1n) is 6.13. The van der Waals surface area contributed by atoms with Crippen molar-refractivity contribution in [2.24, 2.45) is 0 Å². The third-order valence-corrected chi connectivity index (χ3v) is 3.98. The van der Waals surface area contributed by atoms with E-state index in [-0.39, 0.29) is 5.78 Å². The van der Waals surface area contributed by atoms with Crippen molar-refractivity contribution < 1.29 is 4.79 Å². The maximum Gasteiger partial charge on any atom is 0.162 e. The number of carbonyl (C=O) groups excluding carboxylic acids is 1. The minimum Gasteiger partial charge on any atom is -0.294 e. The number of rotatable bonds is 7. The molecule has 0 saturated heterocycles. The second kappa shape index (κ2) is 7.88. The highest BCUT2D eigenvalue weighted by molar-refractivity contribution is 9.10. The molecule has 0 bridgehead atoms. The van der Waals surface area contributed by atoms with Gasteiger partial charge < -0.3 is 0 Å². The van der Waals surface area contributed by atoms with Crippen LogP contribution in [0.3, 0.4) is 0 Å². The summed E-state index contributed by atoms with van der Waals surface area (Å²) in [6, 6.07) is 5.39. The van der Waals surface area contributed by atoms with Crippen LogP contribution in [0, 0.1) is 0 Å². The Morgan fingerprint density at radius 2 is 1.94 bits per heavy atom. The molecular weight excluding hydrogens is 300 g/mol. The van der Waals surface area contributed by atoms with E-state index in [4.69, 9.17) is 11.6 Å². The topological polar surface area (TPSA) is 17.1 Å². The van der Waals surface area contributed by atoms with Crippen LogP contribution in [0.15, 0.2) is 22.7 Å². The fraction of sp³-hybridized carbons (Fsp3) is 0.500. The molecule has 3 heteroatoms. The molecule has 0 aliphatic carbocycles. The van der Waals surface area contributed by atoms with Gasteiger partial charge in [-0.3, -0.25) is 4.79 Å². The molecule has 17 heavy (non-hydrogen) atoms. The van der Waals surface area contributed by atoms with Crippen LogP contribution in [0.2, 0.25) is 5.02 Å². The molecule has 1 aromatic carbocycles. The molecule has 0 aromatic heterocycles. The molecule has 0 fully saturated rings. The lowest BCUT2D eigenvalue weighted by molar-refractivity contribution is 0.0979. The molecule has 0 radical (unpaired) electrons. The summed E-state index contributed by atoms with van der Waals surface area (Å²) in [4.78, 5) is 11.9. The molecule has 1 aromatic rings. The van der Waals surface area contributed by atoms with Crippen LogP contribution in [0.25, 0.3) is 0 Å². The van der Waals surface area contributed by atoms with Crippen LogP contribution in [-0.2, 0) is 0 Å². The van der Waals surface area contributed by atoms with Crippen molar-refractivity contribution >= 4 is 33.3 Å². The van der Waals surface area contributed by atoms with Gasteiger partial charge >= 0.3 is 0 Å². The molecule has 1 rings (SSSR count). The van der Waals surface area contributed by atoms with Crippen molar-refractivity contribution in [1.82, 2.24) is 0 Å². The van der Waals surface area contributed by atoms with Gasteiger partial charge in [0.15, 0.2) is 5.78 Å². The monoisotopic (exact) mass is 316 g/mol. The van der Waals surface area contributed by atoms with Crippen LogP contribution in [0.1, 0.15) is 55.8 Å². The summed E-state index contributed by atoms with van der Waals surface area (Å²) in [5, 5.41) is 0.599. The van der Waals surface area contributed by atoms with E-state index in [1.165, 1.54) is 19.3 Å². The lowest BCUT2D eigenvalue weighted by atomic mass is 10.0. The van der Waals surface area contributed by atoms with E-state index in [2.05, 4.69) is 22.9 Å². The number of halogens is 2. The average Bonchev–Trinajstić information content (AvgIpc) is 2.32. The smallest absolute Gasteiger partial charge is 0.162 e. The largest absolute Gasteiger partial charge is 0.294 e. The van der Waals surface area contributed by atoms with Gasteiger partial charge in [-0.05, 0) is 34.5 Å². The zero-order valence-electron chi connectivity index (χ0n) is 10.1. The lowest BCUT2D eigenvalue weighted by Gasteiger charge is -2.03. The van der Waals surface area contributed by atoms with E-state index in [9.17, 15) is 4.79 Å². The van der Waals surface area contributed by atoms with Crippen LogP contribution in [-0.4, -0.2) is 5.78 Å². The second-order valence-electron chi connectivity index (χ2n) is 4.22. The Kier molecular flexibility index (Phi) is 6.83. The molecule has 0 spiro atoms. The van der Waals surface area contributed by atoms with Crippen molar-refractivity contribution in [3.05, 3.63) is 33.3 Å². The quantitative estimate of drug-likeness (QED) is 0.469. The molecule has 94 valence electrons. The normalized spacial score (nSPS) is 10.5. The van der Waals surface area contributed by atoms with Gasteiger partial charge in [0.2, 0.25) is 0 Å². The third-order valence-electron chi connectivity index (χ3n) is 2.75. The average molecular weight is 318 g/mol. The number of hydrogen-bond donors (Lipinski definition) is 0. The fourth-order valence-electron chi connectivity index (χ4n) is 1.70. The van der Waals surface area contributed by atoms with Gasteiger partial charge in [0, 0.05) is 16.5 Å². The first-order valence-corrected chi connectivity index (χ1v) is 7.30. The van der Waals surface area contributed by atoms with Gasteiger partial charge in [0.1, 0.15) is 0 Å². The van der Waals surface area contributed by atoms with Crippen molar-refractivity contribution in [1.29, 1.82) is 0 Å². The second-order valence-corrected chi connectivity index (χ2v) is 5.48. The lowest BCUT2D eigenvalue weighted by Crippen LogP contribution is -1.98. The van der Waals surface area contributed by atoms with E-state index in [0.29, 0.717) is 17.0 Å². The molecule has 0 N–H and O–H groups in total. The van der Waals surface area contributed by atoms with Gasteiger partial charge in [-0.1, -0.05) is 50.3 Å². The minimum absolute atomic E-state index is 0.191. The molecule has 0 saturated carbocycles. The summed E-state index contributed by atoms with van der Waals surface area (Å²) in [6.45, 7) is 2.19. The SMILES string of the molecule is CCCCCCCC(=O)c1ccc(Br)c(Cl)c1. The first-order chi connectivity index (χ1) is 8.15. The molecule has 0 unspecified atom stereocenters. The molecule has 0 aliphatic heterocycles. The zero-order valence-corrected chi connectivity index (χ0v) is 12.5. The van der Waals surface area contributed by atoms with Crippen LogP contribution < -0.4 is 0 Å². The highest BCUT2D eigenvalue weighted by atomic mass is 79.9. The van der Waals surface area contributed by atoms with Gasteiger partial charge in [-0.15, -0.1) is 0 Å². The first kappa shape index (κ1) is 14.7. The fourth-order valence-corrected chi connectivity index (χ4v) is 2.13. The summed E-state index contributed by atoms with van der Waals surface area (Å²) in [6.07, 6.45) is 6.47. The molecule has 1 nitrogen and oxygen atoms in total. The summed E-state index contributed by atoms with van der Waals surface area (Å²) < 4.78 is 0.832. The van der Waals surface area contributed by atoms with E-state index in [1.807, 2.05) is 12.1 Å². The Hall–Kier alpha value is -0.340. The number of Topliss-reactive ketones (excluding diaryl/α,β-unsaturated/α-hetero) is 1. The Morgan fingerprint density at radius 3 is 2.59 bits per heavy atom. The Labute approximate surface area is 117 Å². The van der Waals surface area contributed by atoms with Crippen molar-refractivity contribution in [3.8, 4) is 0 Å². The Bertz CT molecular complexity index is 376. The van der Waals surface area contributed by atoms with E-state index in [0.717, 1.165) is 17.3 Å². The van der Waals surface area contributed by atoms with Gasteiger partial charge in [-0.2, -0.15) is 0 Å². The molecule has 0 amide bonds. The highest BCUT2D eigenvalue weighted by Gasteiger charge is 2.07. The van der Waals surface area contributed by atoms with Gasteiger partial charge in [0.25, 0.3) is 0 Å². The maximum absolute atomic E-state index is 11.9. The summed E-state index contributed by atoms with van der Waals surface area (Å²) in [5.74, 6) is 0.191. The van der Waals surface area contributed by atoms with Crippen LogP contribution >= 0.6 is 27.5 Å². The van der Waals surface area contributed by atoms with Crippen molar-refractivity contribution in [2.45, 2.75) is 45.4 Å². The minimum atomic E-state index is 0.191. The van der Waals surface area contributed by atoms with Crippen molar-refractivity contribution in [2.75, 3.05) is 0 Å².